The number of fused-ring (bicyclic) bond motifs is 3. The zero-order valence-electron chi connectivity index (χ0n) is 17.3. The van der Waals surface area contributed by atoms with E-state index in [0.29, 0.717) is 11.3 Å². The second-order valence-electron chi connectivity index (χ2n) is 8.80. The van der Waals surface area contributed by atoms with Gasteiger partial charge in [0.1, 0.15) is 4.83 Å². The van der Waals surface area contributed by atoms with E-state index in [2.05, 4.69) is 46.8 Å². The van der Waals surface area contributed by atoms with E-state index < -0.39 is 0 Å². The van der Waals surface area contributed by atoms with Crippen LogP contribution in [-0.2, 0) is 12.8 Å². The van der Waals surface area contributed by atoms with Crippen LogP contribution in [0.5, 0.6) is 0 Å². The molecule has 2 aromatic heterocycles. The summed E-state index contributed by atoms with van der Waals surface area (Å²) in [7, 11) is 0. The summed E-state index contributed by atoms with van der Waals surface area (Å²) in [6.45, 7) is 11.2. The van der Waals surface area contributed by atoms with Gasteiger partial charge < -0.3 is 0 Å². The molecule has 0 radical (unpaired) electrons. The fourth-order valence-corrected chi connectivity index (χ4v) is 6.25. The van der Waals surface area contributed by atoms with E-state index in [1.165, 1.54) is 10.4 Å². The quantitative estimate of drug-likeness (QED) is 0.390. The minimum atomic E-state index is 0.0956. The lowest BCUT2D eigenvalue weighted by Crippen LogP contribution is -2.27. The van der Waals surface area contributed by atoms with Crippen molar-refractivity contribution in [1.29, 1.82) is 0 Å². The molecule has 0 N–H and O–H groups in total. The Balaban J connectivity index is 1.93. The molecule has 28 heavy (non-hydrogen) atoms. The number of hydrogen-bond donors (Lipinski definition) is 0. The number of thiophene rings is 1. The molecule has 0 saturated carbocycles. The Morgan fingerprint density at radius 2 is 2.11 bits per heavy atom. The average molecular weight is 413 g/mol. The first-order valence-electron chi connectivity index (χ1n) is 10.1. The lowest BCUT2D eigenvalue weighted by atomic mass is 9.72. The van der Waals surface area contributed by atoms with E-state index in [1.54, 1.807) is 23.1 Å². The third-order valence-electron chi connectivity index (χ3n) is 5.81. The van der Waals surface area contributed by atoms with Crippen molar-refractivity contribution in [2.45, 2.75) is 59.0 Å². The number of nitrogens with zero attached hydrogens (tertiary/aromatic N) is 2. The first kappa shape index (κ1) is 19.7. The van der Waals surface area contributed by atoms with E-state index in [-0.39, 0.29) is 5.56 Å². The molecule has 4 rings (SSSR count). The maximum absolute atomic E-state index is 13.7. The summed E-state index contributed by atoms with van der Waals surface area (Å²) in [5.41, 5.74) is 3.72. The Labute approximate surface area is 175 Å². The van der Waals surface area contributed by atoms with Gasteiger partial charge in [0.05, 0.1) is 11.1 Å². The normalized spacial score (nSPS) is 17.1. The van der Waals surface area contributed by atoms with Gasteiger partial charge in [-0.3, -0.25) is 9.36 Å². The molecule has 0 fully saturated rings. The summed E-state index contributed by atoms with van der Waals surface area (Å²) < 4.78 is 1.83. The minimum absolute atomic E-state index is 0.0956. The molecule has 148 valence electrons. The highest BCUT2D eigenvalue weighted by Crippen LogP contribution is 2.42. The van der Waals surface area contributed by atoms with Crippen molar-refractivity contribution in [3.8, 4) is 5.69 Å². The fourth-order valence-electron chi connectivity index (χ4n) is 4.17. The topological polar surface area (TPSA) is 34.9 Å². The van der Waals surface area contributed by atoms with Gasteiger partial charge in [-0.15, -0.1) is 11.3 Å². The van der Waals surface area contributed by atoms with Gasteiger partial charge in [-0.1, -0.05) is 51.6 Å². The molecule has 0 amide bonds. The second-order valence-corrected chi connectivity index (χ2v) is 11.1. The maximum Gasteiger partial charge on any atom is 0.267 e. The van der Waals surface area contributed by atoms with Crippen LogP contribution in [0.1, 0.15) is 50.1 Å². The average Bonchev–Trinajstić information content (AvgIpc) is 2.99. The minimum Gasteiger partial charge on any atom is -0.268 e. The molecule has 3 aromatic rings. The molecular formula is C23H28N2OS2. The van der Waals surface area contributed by atoms with Gasteiger partial charge >= 0.3 is 0 Å². The molecule has 1 aliphatic rings. The van der Waals surface area contributed by atoms with Crippen LogP contribution in [-0.4, -0.2) is 15.3 Å². The van der Waals surface area contributed by atoms with Crippen LogP contribution in [0.15, 0.2) is 34.2 Å². The van der Waals surface area contributed by atoms with Crippen molar-refractivity contribution in [1.82, 2.24) is 9.55 Å². The van der Waals surface area contributed by atoms with Crippen LogP contribution >= 0.6 is 23.1 Å². The highest BCUT2D eigenvalue weighted by Gasteiger charge is 2.32. The van der Waals surface area contributed by atoms with Crippen LogP contribution < -0.4 is 5.56 Å². The van der Waals surface area contributed by atoms with Gasteiger partial charge in [0.2, 0.25) is 0 Å². The SMILES string of the molecule is CCSc1nc2sc3c(c2c(=O)n1-c1cccc(C)c1)CC[C@H](C(C)(C)C)C3. The highest BCUT2D eigenvalue weighted by atomic mass is 32.2. The Bertz CT molecular complexity index is 1090. The Hall–Kier alpha value is -1.59. The summed E-state index contributed by atoms with van der Waals surface area (Å²) in [6.07, 6.45) is 3.21. The summed E-state index contributed by atoms with van der Waals surface area (Å²) >= 11 is 3.38. The van der Waals surface area contributed by atoms with Crippen molar-refractivity contribution >= 4 is 33.3 Å². The van der Waals surface area contributed by atoms with Gasteiger partial charge in [0, 0.05) is 4.88 Å². The Morgan fingerprint density at radius 1 is 1.32 bits per heavy atom. The predicted molar refractivity (Wildman–Crippen MR) is 121 cm³/mol. The van der Waals surface area contributed by atoms with E-state index >= 15 is 0 Å². The number of aryl methyl sites for hydroxylation is 2. The molecule has 0 spiro atoms. The third kappa shape index (κ3) is 3.43. The van der Waals surface area contributed by atoms with Crippen LogP contribution in [0.25, 0.3) is 15.9 Å². The molecule has 1 atom stereocenters. The molecule has 2 heterocycles. The van der Waals surface area contributed by atoms with Crippen LogP contribution in [0.3, 0.4) is 0 Å². The Kier molecular flexibility index (Phi) is 5.17. The van der Waals surface area contributed by atoms with E-state index in [9.17, 15) is 4.79 Å². The Morgan fingerprint density at radius 3 is 2.79 bits per heavy atom. The number of thioether (sulfide) groups is 1. The van der Waals surface area contributed by atoms with Crippen molar-refractivity contribution < 1.29 is 0 Å². The lowest BCUT2D eigenvalue weighted by Gasteiger charge is -2.33. The monoisotopic (exact) mass is 412 g/mol. The zero-order valence-corrected chi connectivity index (χ0v) is 19.0. The molecule has 5 heteroatoms. The van der Waals surface area contributed by atoms with Gasteiger partial charge in [-0.25, -0.2) is 4.98 Å². The standard InChI is InChI=1S/C23H28N2OS2/c1-6-27-22-24-20-19(21(26)25(22)16-9-7-8-14(2)12-16)17-11-10-15(23(3,4)5)13-18(17)28-20/h7-9,12,15H,6,10-11,13H2,1-5H3/t15-/m0/s1. The molecule has 1 aromatic carbocycles. The van der Waals surface area contributed by atoms with E-state index in [4.69, 9.17) is 4.98 Å². The fraction of sp³-hybridized carbons (Fsp3) is 0.478. The first-order valence-corrected chi connectivity index (χ1v) is 11.9. The van der Waals surface area contributed by atoms with E-state index in [1.807, 2.05) is 16.7 Å². The molecule has 0 bridgehead atoms. The maximum atomic E-state index is 13.7. The van der Waals surface area contributed by atoms with E-state index in [0.717, 1.165) is 51.6 Å². The molecule has 3 nitrogen and oxygen atoms in total. The molecule has 0 unspecified atom stereocenters. The first-order chi connectivity index (χ1) is 13.3. The lowest BCUT2D eigenvalue weighted by molar-refractivity contribution is 0.218. The van der Waals surface area contributed by atoms with Crippen LogP contribution in [0.2, 0.25) is 0 Å². The number of rotatable bonds is 3. The summed E-state index contributed by atoms with van der Waals surface area (Å²) in [5.74, 6) is 1.55. The number of hydrogen-bond acceptors (Lipinski definition) is 4. The summed E-state index contributed by atoms with van der Waals surface area (Å²) in [5, 5.41) is 1.66. The van der Waals surface area contributed by atoms with Crippen LogP contribution in [0.4, 0.5) is 0 Å². The predicted octanol–water partition coefficient (Wildman–Crippen LogP) is 6.02. The van der Waals surface area contributed by atoms with Crippen molar-refractivity contribution in [3.63, 3.8) is 0 Å². The van der Waals surface area contributed by atoms with Crippen LogP contribution in [0, 0.1) is 18.3 Å². The summed E-state index contributed by atoms with van der Waals surface area (Å²) in [4.78, 5) is 20.9. The van der Waals surface area contributed by atoms with Gasteiger partial charge in [0.15, 0.2) is 5.16 Å². The highest BCUT2D eigenvalue weighted by molar-refractivity contribution is 7.99. The van der Waals surface area contributed by atoms with Crippen molar-refractivity contribution in [2.75, 3.05) is 5.75 Å². The number of benzene rings is 1. The van der Waals surface area contributed by atoms with Crippen molar-refractivity contribution in [3.05, 3.63) is 50.6 Å². The zero-order chi connectivity index (χ0) is 20.1. The molecule has 0 aliphatic heterocycles. The molecule has 1 aliphatic carbocycles. The van der Waals surface area contributed by atoms with Crippen molar-refractivity contribution in [2.24, 2.45) is 11.3 Å². The third-order valence-corrected chi connectivity index (χ3v) is 7.78. The smallest absolute Gasteiger partial charge is 0.267 e. The summed E-state index contributed by atoms with van der Waals surface area (Å²) in [6, 6.07) is 8.16. The second kappa shape index (κ2) is 7.34. The van der Waals surface area contributed by atoms with Gasteiger partial charge in [-0.05, 0) is 66.5 Å². The van der Waals surface area contributed by atoms with Gasteiger partial charge in [-0.2, -0.15) is 0 Å². The largest absolute Gasteiger partial charge is 0.268 e. The molecule has 0 saturated heterocycles. The molecular weight excluding hydrogens is 384 g/mol. The van der Waals surface area contributed by atoms with Gasteiger partial charge in [0.25, 0.3) is 5.56 Å². The number of aromatic nitrogens is 2.